The fourth-order valence-corrected chi connectivity index (χ4v) is 4.35. The summed E-state index contributed by atoms with van der Waals surface area (Å²) in [5.41, 5.74) is 5.85. The summed E-state index contributed by atoms with van der Waals surface area (Å²) in [6.45, 7) is 0. The van der Waals surface area contributed by atoms with Gasteiger partial charge in [0.15, 0.2) is 9.84 Å². The smallest absolute Gasteiger partial charge is 0.239 e. The molecule has 0 bridgehead atoms. The number of thiazole rings is 1. The van der Waals surface area contributed by atoms with Gasteiger partial charge in [0.2, 0.25) is 11.0 Å². The molecule has 27 heavy (non-hydrogen) atoms. The maximum absolute atomic E-state index is 12.9. The lowest BCUT2D eigenvalue weighted by Gasteiger charge is -2.06. The van der Waals surface area contributed by atoms with Gasteiger partial charge in [0.25, 0.3) is 0 Å². The van der Waals surface area contributed by atoms with Crippen LogP contribution in [0.1, 0.15) is 6.42 Å². The molecule has 3 rings (SSSR count). The van der Waals surface area contributed by atoms with Gasteiger partial charge in [-0.25, -0.2) is 17.8 Å². The Hall–Kier alpha value is -2.72. The van der Waals surface area contributed by atoms with E-state index in [0.717, 1.165) is 22.3 Å². The molecular formula is C17H16FN3O4S2. The molecule has 0 aliphatic heterocycles. The first kappa shape index (κ1) is 19.1. The highest BCUT2D eigenvalue weighted by Gasteiger charge is 2.16. The number of aromatic nitrogens is 1. The first-order chi connectivity index (χ1) is 12.9. The molecule has 0 atom stereocenters. The largest absolute Gasteiger partial charge is 0.497 e. The molecule has 1 heterocycles. The number of halogens is 1. The summed E-state index contributed by atoms with van der Waals surface area (Å²) < 4.78 is 43.2. The van der Waals surface area contributed by atoms with Gasteiger partial charge in [0.05, 0.1) is 28.0 Å². The fraction of sp³-hybridized carbons (Fsp3) is 0.176. The van der Waals surface area contributed by atoms with E-state index in [9.17, 15) is 17.6 Å². The molecule has 2 aromatic carbocycles. The number of benzene rings is 2. The first-order valence-corrected chi connectivity index (χ1v) is 10.3. The standard InChI is InChI=1S/C17H16FN3O4S2/c1-25-12-4-7-14-15(10-12)26-17(19-14)21-20-16(22)8-9-27(23,24)13-5-2-11(18)3-6-13/h2-7,10H,8-9H2,1H3,(H,19,21)(H,20,22). The number of carbonyl (C=O) groups is 1. The SMILES string of the molecule is COc1ccc2nc(NNC(=O)CCS(=O)(=O)c3ccc(F)cc3)sc2c1. The van der Waals surface area contributed by atoms with Crippen LogP contribution in [0.15, 0.2) is 47.4 Å². The Morgan fingerprint density at radius 2 is 1.96 bits per heavy atom. The van der Waals surface area contributed by atoms with Gasteiger partial charge in [0.1, 0.15) is 11.6 Å². The van der Waals surface area contributed by atoms with Crippen LogP contribution in [0.2, 0.25) is 0 Å². The van der Waals surface area contributed by atoms with Crippen LogP contribution >= 0.6 is 11.3 Å². The Kier molecular flexibility index (Phi) is 5.57. The van der Waals surface area contributed by atoms with Crippen LogP contribution in [0.25, 0.3) is 10.2 Å². The Bertz CT molecular complexity index is 1070. The van der Waals surface area contributed by atoms with Crippen molar-refractivity contribution in [1.82, 2.24) is 10.4 Å². The van der Waals surface area contributed by atoms with E-state index in [1.54, 1.807) is 19.2 Å². The average Bonchev–Trinajstić information content (AvgIpc) is 3.07. The lowest BCUT2D eigenvalue weighted by Crippen LogP contribution is -2.30. The van der Waals surface area contributed by atoms with Crippen LogP contribution in [0.3, 0.4) is 0 Å². The highest BCUT2D eigenvalue weighted by atomic mass is 32.2. The Morgan fingerprint density at radius 3 is 2.67 bits per heavy atom. The van der Waals surface area contributed by atoms with E-state index >= 15 is 0 Å². The lowest BCUT2D eigenvalue weighted by atomic mass is 10.3. The number of hydrogen-bond donors (Lipinski definition) is 2. The van der Waals surface area contributed by atoms with E-state index in [1.165, 1.54) is 23.5 Å². The zero-order valence-corrected chi connectivity index (χ0v) is 15.9. The number of carbonyl (C=O) groups excluding carboxylic acids is 1. The molecule has 10 heteroatoms. The second-order valence-electron chi connectivity index (χ2n) is 5.55. The predicted molar refractivity (Wildman–Crippen MR) is 101 cm³/mol. The number of hydrazine groups is 1. The van der Waals surface area contributed by atoms with E-state index in [1.807, 2.05) is 6.07 Å². The molecule has 0 spiro atoms. The highest BCUT2D eigenvalue weighted by Crippen LogP contribution is 2.28. The van der Waals surface area contributed by atoms with E-state index in [2.05, 4.69) is 15.8 Å². The van der Waals surface area contributed by atoms with Crippen LogP contribution in [0.4, 0.5) is 9.52 Å². The summed E-state index contributed by atoms with van der Waals surface area (Å²) in [4.78, 5) is 16.2. The average molecular weight is 409 g/mol. The van der Waals surface area contributed by atoms with Gasteiger partial charge >= 0.3 is 0 Å². The van der Waals surface area contributed by atoms with Crippen molar-refractivity contribution in [3.05, 3.63) is 48.3 Å². The second kappa shape index (κ2) is 7.89. The topological polar surface area (TPSA) is 97.4 Å². The number of ether oxygens (including phenoxy) is 1. The molecule has 0 unspecified atom stereocenters. The summed E-state index contributed by atoms with van der Waals surface area (Å²) in [5.74, 6) is -0.710. The lowest BCUT2D eigenvalue weighted by molar-refractivity contribution is -0.120. The summed E-state index contributed by atoms with van der Waals surface area (Å²) in [6, 6.07) is 9.90. The third kappa shape index (κ3) is 4.72. The van der Waals surface area contributed by atoms with Crippen LogP contribution < -0.4 is 15.6 Å². The number of fused-ring (bicyclic) bond motifs is 1. The zero-order chi connectivity index (χ0) is 19.4. The third-order valence-electron chi connectivity index (χ3n) is 3.68. The number of rotatable bonds is 7. The summed E-state index contributed by atoms with van der Waals surface area (Å²) >= 11 is 1.32. The van der Waals surface area contributed by atoms with Crippen LogP contribution in [0, 0.1) is 5.82 Å². The second-order valence-corrected chi connectivity index (χ2v) is 8.69. The molecular weight excluding hydrogens is 393 g/mol. The number of amides is 1. The van der Waals surface area contributed by atoms with E-state index in [-0.39, 0.29) is 17.1 Å². The summed E-state index contributed by atoms with van der Waals surface area (Å²) in [7, 11) is -2.09. The van der Waals surface area contributed by atoms with Crippen molar-refractivity contribution >= 4 is 42.4 Å². The van der Waals surface area contributed by atoms with Crippen molar-refractivity contribution in [2.45, 2.75) is 11.3 Å². The molecule has 2 N–H and O–H groups in total. The van der Waals surface area contributed by atoms with E-state index < -0.39 is 21.6 Å². The molecule has 1 amide bonds. The molecule has 3 aromatic rings. The minimum Gasteiger partial charge on any atom is -0.497 e. The molecule has 0 aliphatic carbocycles. The van der Waals surface area contributed by atoms with Crippen LogP contribution in [0.5, 0.6) is 5.75 Å². The molecule has 142 valence electrons. The number of hydrogen-bond acceptors (Lipinski definition) is 7. The normalized spacial score (nSPS) is 11.3. The van der Waals surface area contributed by atoms with Crippen molar-refractivity contribution in [2.24, 2.45) is 0 Å². The molecule has 0 saturated carbocycles. The minimum atomic E-state index is -3.67. The minimum absolute atomic E-state index is 0.0234. The van der Waals surface area contributed by atoms with Gasteiger partial charge in [-0.2, -0.15) is 0 Å². The molecule has 0 saturated heterocycles. The van der Waals surface area contributed by atoms with E-state index in [4.69, 9.17) is 4.74 Å². The van der Waals surface area contributed by atoms with Gasteiger partial charge < -0.3 is 4.74 Å². The van der Waals surface area contributed by atoms with E-state index in [0.29, 0.717) is 10.9 Å². The van der Waals surface area contributed by atoms with Crippen molar-refractivity contribution in [3.8, 4) is 5.75 Å². The first-order valence-electron chi connectivity index (χ1n) is 7.85. The predicted octanol–water partition coefficient (Wildman–Crippen LogP) is 2.75. The van der Waals surface area contributed by atoms with Crippen LogP contribution in [-0.2, 0) is 14.6 Å². The Morgan fingerprint density at radius 1 is 1.22 bits per heavy atom. The van der Waals surface area contributed by atoms with Crippen molar-refractivity contribution < 1.29 is 22.3 Å². The van der Waals surface area contributed by atoms with Crippen LogP contribution in [-0.4, -0.2) is 32.2 Å². The quantitative estimate of drug-likeness (QED) is 0.460. The maximum Gasteiger partial charge on any atom is 0.239 e. The molecule has 1 aromatic heterocycles. The summed E-state index contributed by atoms with van der Waals surface area (Å²) in [6.07, 6.45) is -0.245. The number of methoxy groups -OCH3 is 1. The Balaban J connectivity index is 1.56. The maximum atomic E-state index is 12.9. The fourth-order valence-electron chi connectivity index (χ4n) is 2.26. The highest BCUT2D eigenvalue weighted by molar-refractivity contribution is 7.91. The van der Waals surface area contributed by atoms with Gasteiger partial charge in [-0.3, -0.25) is 15.6 Å². The summed E-state index contributed by atoms with van der Waals surface area (Å²) in [5, 5.41) is 0.466. The number of anilines is 1. The molecule has 0 aliphatic rings. The number of nitrogens with one attached hydrogen (secondary N) is 2. The number of sulfone groups is 1. The third-order valence-corrected chi connectivity index (χ3v) is 6.34. The van der Waals surface area contributed by atoms with Gasteiger partial charge in [0, 0.05) is 6.42 Å². The van der Waals surface area contributed by atoms with Crippen molar-refractivity contribution in [1.29, 1.82) is 0 Å². The molecule has 0 fully saturated rings. The molecule has 7 nitrogen and oxygen atoms in total. The molecule has 0 radical (unpaired) electrons. The van der Waals surface area contributed by atoms with Crippen molar-refractivity contribution in [3.63, 3.8) is 0 Å². The van der Waals surface area contributed by atoms with Crippen molar-refractivity contribution in [2.75, 3.05) is 18.3 Å². The van der Waals surface area contributed by atoms with Gasteiger partial charge in [-0.1, -0.05) is 11.3 Å². The monoisotopic (exact) mass is 409 g/mol. The number of nitrogens with zero attached hydrogens (tertiary/aromatic N) is 1. The van der Waals surface area contributed by atoms with Gasteiger partial charge in [-0.15, -0.1) is 0 Å². The van der Waals surface area contributed by atoms with Gasteiger partial charge in [-0.05, 0) is 42.5 Å². The zero-order valence-electron chi connectivity index (χ0n) is 14.2. The Labute approximate surface area is 159 Å².